The van der Waals surface area contributed by atoms with E-state index in [1.165, 1.54) is 19.0 Å². The van der Waals surface area contributed by atoms with Crippen molar-refractivity contribution in [2.75, 3.05) is 17.7 Å². The van der Waals surface area contributed by atoms with E-state index in [1.54, 1.807) is 24.3 Å². The van der Waals surface area contributed by atoms with Gasteiger partial charge in [0.25, 0.3) is 0 Å². The molecule has 1 aromatic heterocycles. The monoisotopic (exact) mass is 334 g/mol. The van der Waals surface area contributed by atoms with Crippen LogP contribution in [0.2, 0.25) is 0 Å². The number of aromatic nitrogens is 2. The van der Waals surface area contributed by atoms with Gasteiger partial charge in [-0.3, -0.25) is 0 Å². The van der Waals surface area contributed by atoms with Crippen LogP contribution < -0.4 is 10.6 Å². The minimum Gasteiger partial charge on any atom is -0.465 e. The molecule has 0 bridgehead atoms. The molecule has 0 amide bonds. The maximum Gasteiger partial charge on any atom is 0.337 e. The van der Waals surface area contributed by atoms with Crippen LogP contribution in [0.15, 0.2) is 60.9 Å². The van der Waals surface area contributed by atoms with Gasteiger partial charge in [0.15, 0.2) is 0 Å². The van der Waals surface area contributed by atoms with E-state index in [-0.39, 0.29) is 5.97 Å². The summed E-state index contributed by atoms with van der Waals surface area (Å²) in [6, 6.07) is 16.9. The largest absolute Gasteiger partial charge is 0.465 e. The van der Waals surface area contributed by atoms with Crippen molar-refractivity contribution in [3.8, 4) is 0 Å². The normalized spacial score (nSPS) is 10.2. The molecule has 0 aliphatic carbocycles. The Morgan fingerprint density at radius 3 is 2.28 bits per heavy atom. The minimum absolute atomic E-state index is 0.381. The Morgan fingerprint density at radius 2 is 1.60 bits per heavy atom. The first kappa shape index (κ1) is 16.4. The van der Waals surface area contributed by atoms with Crippen LogP contribution >= 0.6 is 0 Å². The molecular weight excluding hydrogens is 316 g/mol. The Labute approximate surface area is 145 Å². The van der Waals surface area contributed by atoms with Gasteiger partial charge in [-0.25, -0.2) is 14.8 Å². The van der Waals surface area contributed by atoms with Crippen LogP contribution in [0.5, 0.6) is 0 Å². The predicted octanol–water partition coefficient (Wildman–Crippen LogP) is 4.06. The summed E-state index contributed by atoms with van der Waals surface area (Å²) in [7, 11) is 1.36. The zero-order valence-corrected chi connectivity index (χ0v) is 14.0. The number of ether oxygens (including phenoxy) is 1. The number of rotatable bonds is 5. The number of carbonyl (C=O) groups is 1. The zero-order chi connectivity index (χ0) is 17.6. The summed E-state index contributed by atoms with van der Waals surface area (Å²) < 4.78 is 4.73. The van der Waals surface area contributed by atoms with Crippen LogP contribution in [0.25, 0.3) is 0 Å². The lowest BCUT2D eigenvalue weighted by Crippen LogP contribution is -2.02. The molecule has 126 valence electrons. The van der Waals surface area contributed by atoms with E-state index >= 15 is 0 Å². The lowest BCUT2D eigenvalue weighted by atomic mass is 10.2. The number of benzene rings is 2. The zero-order valence-electron chi connectivity index (χ0n) is 14.0. The van der Waals surface area contributed by atoms with Gasteiger partial charge >= 0.3 is 5.97 Å². The number of esters is 1. The highest BCUT2D eigenvalue weighted by Crippen LogP contribution is 2.20. The Morgan fingerprint density at radius 1 is 0.920 bits per heavy atom. The van der Waals surface area contributed by atoms with E-state index < -0.39 is 0 Å². The van der Waals surface area contributed by atoms with Crippen molar-refractivity contribution in [1.82, 2.24) is 9.97 Å². The van der Waals surface area contributed by atoms with E-state index in [0.717, 1.165) is 11.4 Å². The second-order valence-electron chi connectivity index (χ2n) is 5.48. The molecule has 0 unspecified atom stereocenters. The van der Waals surface area contributed by atoms with E-state index in [2.05, 4.69) is 20.6 Å². The van der Waals surface area contributed by atoms with E-state index in [4.69, 9.17) is 4.74 Å². The number of hydrogen-bond acceptors (Lipinski definition) is 6. The summed E-state index contributed by atoms with van der Waals surface area (Å²) in [5.74, 6) is 0.908. The van der Waals surface area contributed by atoms with Crippen molar-refractivity contribution in [2.24, 2.45) is 0 Å². The molecule has 0 fully saturated rings. The van der Waals surface area contributed by atoms with Gasteiger partial charge in [0, 0.05) is 17.4 Å². The molecule has 0 atom stereocenters. The lowest BCUT2D eigenvalue weighted by Gasteiger charge is -2.09. The summed E-state index contributed by atoms with van der Waals surface area (Å²) in [4.78, 5) is 20.0. The summed E-state index contributed by atoms with van der Waals surface area (Å²) in [5, 5.41) is 6.39. The molecule has 3 aromatic rings. The Hall–Kier alpha value is -3.41. The van der Waals surface area contributed by atoms with Crippen molar-refractivity contribution in [3.63, 3.8) is 0 Å². The van der Waals surface area contributed by atoms with Crippen molar-refractivity contribution in [2.45, 2.75) is 6.92 Å². The molecule has 2 aromatic carbocycles. The number of aryl methyl sites for hydroxylation is 1. The van der Waals surface area contributed by atoms with Gasteiger partial charge in [0.1, 0.15) is 18.0 Å². The molecule has 2 N–H and O–H groups in total. The molecule has 25 heavy (non-hydrogen) atoms. The number of nitrogens with one attached hydrogen (secondary N) is 2. The Balaban J connectivity index is 1.75. The third kappa shape index (κ3) is 4.32. The number of nitrogens with zero attached hydrogens (tertiary/aromatic N) is 2. The fourth-order valence-corrected chi connectivity index (χ4v) is 2.27. The molecule has 0 aliphatic rings. The van der Waals surface area contributed by atoms with Crippen LogP contribution in [-0.4, -0.2) is 23.0 Å². The Bertz CT molecular complexity index is 879. The predicted molar refractivity (Wildman–Crippen MR) is 97.6 cm³/mol. The first-order valence-corrected chi connectivity index (χ1v) is 7.75. The molecular formula is C19H18N4O2. The van der Waals surface area contributed by atoms with Crippen molar-refractivity contribution in [3.05, 3.63) is 72.1 Å². The van der Waals surface area contributed by atoms with Crippen molar-refractivity contribution in [1.29, 1.82) is 0 Å². The number of anilines is 4. The summed E-state index contributed by atoms with van der Waals surface area (Å²) >= 11 is 0. The smallest absolute Gasteiger partial charge is 0.337 e. The van der Waals surface area contributed by atoms with Crippen molar-refractivity contribution >= 4 is 29.0 Å². The fraction of sp³-hybridized carbons (Fsp3) is 0.105. The molecule has 0 saturated heterocycles. The number of methoxy groups -OCH3 is 1. The minimum atomic E-state index is -0.381. The summed E-state index contributed by atoms with van der Waals surface area (Å²) in [5.41, 5.74) is 3.35. The lowest BCUT2D eigenvalue weighted by molar-refractivity contribution is 0.0601. The third-order valence-electron chi connectivity index (χ3n) is 3.55. The van der Waals surface area contributed by atoms with E-state index in [9.17, 15) is 4.79 Å². The van der Waals surface area contributed by atoms with Gasteiger partial charge in [-0.2, -0.15) is 0 Å². The highest BCUT2D eigenvalue weighted by molar-refractivity contribution is 5.90. The second-order valence-corrected chi connectivity index (χ2v) is 5.48. The van der Waals surface area contributed by atoms with Crippen LogP contribution in [0, 0.1) is 6.92 Å². The van der Waals surface area contributed by atoms with Crippen molar-refractivity contribution < 1.29 is 9.53 Å². The first-order chi connectivity index (χ1) is 12.1. The van der Waals surface area contributed by atoms with Gasteiger partial charge in [-0.05, 0) is 37.3 Å². The molecule has 6 heteroatoms. The first-order valence-electron chi connectivity index (χ1n) is 7.75. The maximum absolute atomic E-state index is 11.6. The molecule has 0 spiro atoms. The summed E-state index contributed by atoms with van der Waals surface area (Å²) in [6.07, 6.45) is 1.48. The summed E-state index contributed by atoms with van der Waals surface area (Å²) in [6.45, 7) is 2.04. The quantitative estimate of drug-likeness (QED) is 0.685. The number of carbonyl (C=O) groups excluding carboxylic acids is 1. The molecule has 0 aliphatic heterocycles. The Kier molecular flexibility index (Phi) is 4.89. The highest BCUT2D eigenvalue weighted by atomic mass is 16.5. The van der Waals surface area contributed by atoms with E-state index in [1.807, 2.05) is 37.3 Å². The molecule has 6 nitrogen and oxygen atoms in total. The van der Waals surface area contributed by atoms with Crippen LogP contribution in [-0.2, 0) is 4.74 Å². The topological polar surface area (TPSA) is 76.1 Å². The second kappa shape index (κ2) is 7.44. The van der Waals surface area contributed by atoms with Crippen LogP contribution in [0.3, 0.4) is 0 Å². The molecule has 3 rings (SSSR count). The number of hydrogen-bond donors (Lipinski definition) is 2. The molecule has 0 radical (unpaired) electrons. The van der Waals surface area contributed by atoms with Crippen LogP contribution in [0.1, 0.15) is 15.9 Å². The van der Waals surface area contributed by atoms with Gasteiger partial charge in [-0.1, -0.05) is 23.8 Å². The maximum atomic E-state index is 11.6. The third-order valence-corrected chi connectivity index (χ3v) is 3.55. The van der Waals surface area contributed by atoms with E-state index in [0.29, 0.717) is 17.2 Å². The SMILES string of the molecule is COC(=O)c1cccc(Nc2cc(Nc3ccc(C)cc3)ncn2)c1. The van der Waals surface area contributed by atoms with Gasteiger partial charge in [0.2, 0.25) is 0 Å². The average Bonchev–Trinajstić information content (AvgIpc) is 2.63. The van der Waals surface area contributed by atoms with Gasteiger partial charge in [0.05, 0.1) is 12.7 Å². The van der Waals surface area contributed by atoms with Gasteiger partial charge in [-0.15, -0.1) is 0 Å². The molecule has 0 saturated carbocycles. The highest BCUT2D eigenvalue weighted by Gasteiger charge is 2.06. The fourth-order valence-electron chi connectivity index (χ4n) is 2.27. The van der Waals surface area contributed by atoms with Gasteiger partial charge < -0.3 is 15.4 Å². The average molecular weight is 334 g/mol. The van der Waals surface area contributed by atoms with Crippen LogP contribution in [0.4, 0.5) is 23.0 Å². The standard InChI is InChI=1S/C19H18N4O2/c1-13-6-8-15(9-7-13)22-17-11-18(21-12-20-17)23-16-5-3-4-14(10-16)19(24)25-2/h3-12H,1-2H3,(H2,20,21,22,23). The molecule has 1 heterocycles.